The minimum absolute atomic E-state index is 0. The Morgan fingerprint density at radius 2 is 1.50 bits per heavy atom. The maximum atomic E-state index is 2.47. The standard InChI is InChI=1S/C27H27.Zr/c1-2-27(15-5-6-16-27)19-20-17-22-11-8-14-25(26(22)18-20)24-13-7-10-21-9-3-4-12-23(21)24;/h3-4,7-14,17-18H,2,5-6,15-16,19H2,1H3;/q-1;. The van der Waals surface area contributed by atoms with Crippen LogP contribution in [-0.2, 0) is 32.6 Å². The molecular weight excluding hydrogens is 416 g/mol. The van der Waals surface area contributed by atoms with Crippen LogP contribution in [0.15, 0.2) is 72.8 Å². The summed E-state index contributed by atoms with van der Waals surface area (Å²) >= 11 is 0. The first-order chi connectivity index (χ1) is 13.3. The van der Waals surface area contributed by atoms with E-state index in [2.05, 4.69) is 79.7 Å². The Hall–Kier alpha value is -1.59. The van der Waals surface area contributed by atoms with Crippen molar-refractivity contribution in [3.8, 4) is 11.1 Å². The summed E-state index contributed by atoms with van der Waals surface area (Å²) in [5.41, 5.74) is 4.79. The Bertz CT molecular complexity index is 1090. The zero-order valence-corrected chi connectivity index (χ0v) is 19.1. The van der Waals surface area contributed by atoms with Crippen molar-refractivity contribution >= 4 is 21.5 Å². The van der Waals surface area contributed by atoms with Crippen molar-refractivity contribution in [3.63, 3.8) is 0 Å². The molecule has 0 heterocycles. The van der Waals surface area contributed by atoms with Crippen molar-refractivity contribution in [2.75, 3.05) is 0 Å². The van der Waals surface area contributed by atoms with Gasteiger partial charge in [-0.25, -0.2) is 0 Å². The molecule has 1 aliphatic carbocycles. The molecule has 0 nitrogen and oxygen atoms in total. The molecule has 1 heteroatoms. The number of rotatable bonds is 4. The van der Waals surface area contributed by atoms with Gasteiger partial charge >= 0.3 is 0 Å². The van der Waals surface area contributed by atoms with Gasteiger partial charge in [-0.15, -0.1) is 34.5 Å². The van der Waals surface area contributed by atoms with Crippen LogP contribution in [-0.4, -0.2) is 0 Å². The fraction of sp³-hybridized carbons (Fsp3) is 0.296. The normalized spacial score (nSPS) is 15.8. The van der Waals surface area contributed by atoms with E-state index in [-0.39, 0.29) is 26.2 Å². The maximum Gasteiger partial charge on any atom is 0 e. The summed E-state index contributed by atoms with van der Waals surface area (Å²) in [6.07, 6.45) is 8.19. The van der Waals surface area contributed by atoms with Crippen molar-refractivity contribution in [3.05, 3.63) is 78.4 Å². The van der Waals surface area contributed by atoms with E-state index >= 15 is 0 Å². The van der Waals surface area contributed by atoms with Crippen LogP contribution in [0.4, 0.5) is 0 Å². The van der Waals surface area contributed by atoms with Crippen molar-refractivity contribution in [2.24, 2.45) is 5.41 Å². The fourth-order valence-corrected chi connectivity index (χ4v) is 5.31. The molecule has 1 fully saturated rings. The molecule has 0 atom stereocenters. The van der Waals surface area contributed by atoms with Crippen LogP contribution in [0.1, 0.15) is 44.6 Å². The molecule has 0 aromatic heterocycles. The van der Waals surface area contributed by atoms with Gasteiger partial charge in [0.15, 0.2) is 0 Å². The molecule has 28 heavy (non-hydrogen) atoms. The van der Waals surface area contributed by atoms with Crippen molar-refractivity contribution < 1.29 is 26.2 Å². The summed E-state index contributed by atoms with van der Waals surface area (Å²) in [5.74, 6) is 0. The summed E-state index contributed by atoms with van der Waals surface area (Å²) in [6, 6.07) is 27.1. The number of hydrogen-bond acceptors (Lipinski definition) is 0. The summed E-state index contributed by atoms with van der Waals surface area (Å²) < 4.78 is 0. The average Bonchev–Trinajstić information content (AvgIpc) is 3.34. The molecule has 0 saturated heterocycles. The smallest absolute Gasteiger partial charge is 0 e. The zero-order valence-electron chi connectivity index (χ0n) is 16.7. The van der Waals surface area contributed by atoms with Crippen molar-refractivity contribution in [1.82, 2.24) is 0 Å². The van der Waals surface area contributed by atoms with E-state index in [1.165, 1.54) is 76.8 Å². The molecule has 0 amide bonds. The quantitative estimate of drug-likeness (QED) is 0.282. The van der Waals surface area contributed by atoms with Crippen LogP contribution in [0, 0.1) is 5.41 Å². The predicted molar refractivity (Wildman–Crippen MR) is 117 cm³/mol. The molecule has 5 rings (SSSR count). The van der Waals surface area contributed by atoms with E-state index in [0.29, 0.717) is 5.41 Å². The predicted octanol–water partition coefficient (Wildman–Crippen LogP) is 7.89. The Morgan fingerprint density at radius 1 is 0.821 bits per heavy atom. The minimum Gasteiger partial charge on any atom is -0.164 e. The first-order valence-corrected chi connectivity index (χ1v) is 10.4. The van der Waals surface area contributed by atoms with Gasteiger partial charge in [-0.3, -0.25) is 0 Å². The Morgan fingerprint density at radius 3 is 2.29 bits per heavy atom. The molecule has 0 aliphatic heterocycles. The van der Waals surface area contributed by atoms with Crippen LogP contribution in [0.5, 0.6) is 0 Å². The second-order valence-electron chi connectivity index (χ2n) is 8.44. The van der Waals surface area contributed by atoms with Crippen LogP contribution >= 0.6 is 0 Å². The summed E-state index contributed by atoms with van der Waals surface area (Å²) in [4.78, 5) is 0. The molecule has 4 aromatic rings. The summed E-state index contributed by atoms with van der Waals surface area (Å²) in [7, 11) is 0. The summed E-state index contributed by atoms with van der Waals surface area (Å²) in [6.45, 7) is 2.38. The first-order valence-electron chi connectivity index (χ1n) is 10.4. The van der Waals surface area contributed by atoms with E-state index in [0.717, 1.165) is 0 Å². The van der Waals surface area contributed by atoms with Gasteiger partial charge in [-0.2, -0.15) is 6.07 Å². The molecule has 140 valence electrons. The monoisotopic (exact) mass is 441 g/mol. The van der Waals surface area contributed by atoms with Gasteiger partial charge in [0, 0.05) is 26.2 Å². The van der Waals surface area contributed by atoms with Gasteiger partial charge < -0.3 is 0 Å². The SMILES string of the molecule is CCC1(Cc2cc3c(-c4cccc5ccccc45)cccc3[cH-]2)CCCC1.[Zr]. The van der Waals surface area contributed by atoms with E-state index in [1.54, 1.807) is 0 Å². The van der Waals surface area contributed by atoms with Crippen LogP contribution in [0.25, 0.3) is 32.7 Å². The summed E-state index contributed by atoms with van der Waals surface area (Å²) in [5, 5.41) is 5.46. The van der Waals surface area contributed by atoms with Gasteiger partial charge in [0.2, 0.25) is 0 Å². The topological polar surface area (TPSA) is 0 Å². The number of fused-ring (bicyclic) bond motifs is 2. The molecule has 4 aromatic carbocycles. The third kappa shape index (κ3) is 3.44. The van der Waals surface area contributed by atoms with Crippen molar-refractivity contribution in [1.29, 1.82) is 0 Å². The zero-order chi connectivity index (χ0) is 18.3. The molecule has 0 unspecified atom stereocenters. The van der Waals surface area contributed by atoms with E-state index in [1.807, 2.05) is 0 Å². The number of hydrogen-bond donors (Lipinski definition) is 0. The second kappa shape index (κ2) is 8.04. The van der Waals surface area contributed by atoms with Crippen molar-refractivity contribution in [2.45, 2.75) is 45.4 Å². The van der Waals surface area contributed by atoms with Gasteiger partial charge in [0.1, 0.15) is 0 Å². The molecule has 1 saturated carbocycles. The molecule has 0 radical (unpaired) electrons. The maximum absolute atomic E-state index is 2.47. The van der Waals surface area contributed by atoms with Gasteiger partial charge in [-0.1, -0.05) is 80.3 Å². The Kier molecular flexibility index (Phi) is 5.66. The Labute approximate surface area is 187 Å². The van der Waals surface area contributed by atoms with Gasteiger partial charge in [-0.05, 0) is 41.0 Å². The minimum atomic E-state index is 0. The first kappa shape index (κ1) is 19.7. The molecule has 0 spiro atoms. The Balaban J connectivity index is 0.00000192. The van der Waals surface area contributed by atoms with Gasteiger partial charge in [0.25, 0.3) is 0 Å². The van der Waals surface area contributed by atoms with Crippen LogP contribution in [0.2, 0.25) is 0 Å². The van der Waals surface area contributed by atoms with Crippen LogP contribution in [0.3, 0.4) is 0 Å². The average molecular weight is 443 g/mol. The van der Waals surface area contributed by atoms with E-state index < -0.39 is 0 Å². The molecule has 1 aliphatic rings. The molecular formula is C27H27Zr-. The third-order valence-electron chi connectivity index (χ3n) is 6.88. The van der Waals surface area contributed by atoms with E-state index in [4.69, 9.17) is 0 Å². The largest absolute Gasteiger partial charge is 0.164 e. The number of benzene rings is 3. The molecule has 0 N–H and O–H groups in total. The van der Waals surface area contributed by atoms with Crippen LogP contribution < -0.4 is 0 Å². The molecule has 0 bridgehead atoms. The third-order valence-corrected chi connectivity index (χ3v) is 6.88. The van der Waals surface area contributed by atoms with E-state index in [9.17, 15) is 0 Å². The second-order valence-corrected chi connectivity index (χ2v) is 8.44. The fourth-order valence-electron chi connectivity index (χ4n) is 5.31. The van der Waals surface area contributed by atoms with Gasteiger partial charge in [0.05, 0.1) is 0 Å².